The average Bonchev–Trinajstić information content (AvgIpc) is 2.79. The molecule has 0 bridgehead atoms. The van der Waals surface area contributed by atoms with Crippen molar-refractivity contribution in [3.8, 4) is 0 Å². The van der Waals surface area contributed by atoms with Crippen molar-refractivity contribution >= 4 is 0 Å². The van der Waals surface area contributed by atoms with E-state index >= 15 is 0 Å². The fourth-order valence-corrected chi connectivity index (χ4v) is 2.12. The maximum absolute atomic E-state index is 4.03. The third kappa shape index (κ3) is 2.33. The summed E-state index contributed by atoms with van der Waals surface area (Å²) in [4.78, 5) is 9.65. The molecule has 1 fully saturated rings. The van der Waals surface area contributed by atoms with Crippen LogP contribution in [-0.2, 0) is 6.54 Å². The van der Waals surface area contributed by atoms with E-state index < -0.39 is 0 Å². The molecule has 1 unspecified atom stereocenters. The average molecular weight is 194 g/mol. The van der Waals surface area contributed by atoms with Crippen LogP contribution in [0, 0.1) is 5.92 Å². The molecule has 1 aromatic rings. The first kappa shape index (κ1) is 9.68. The highest BCUT2D eigenvalue weighted by Crippen LogP contribution is 2.16. The number of hydrogen-bond acceptors (Lipinski definition) is 3. The molecule has 0 spiro atoms. The molecule has 0 aliphatic carbocycles. The summed E-state index contributed by atoms with van der Waals surface area (Å²) in [5.74, 6) is 0.822. The smallest absolute Gasteiger partial charge is 0.0922 e. The number of aromatic nitrogens is 2. The van der Waals surface area contributed by atoms with Crippen molar-refractivity contribution in [3.63, 3.8) is 0 Å². The van der Waals surface area contributed by atoms with E-state index in [1.54, 1.807) is 6.33 Å². The molecule has 1 aliphatic heterocycles. The molecule has 2 rings (SSSR count). The first-order valence-electron chi connectivity index (χ1n) is 5.22. The number of likely N-dealkylation sites (tertiary alicyclic amines) is 1. The van der Waals surface area contributed by atoms with E-state index in [1.165, 1.54) is 25.2 Å². The molecule has 0 aromatic carbocycles. The lowest BCUT2D eigenvalue weighted by atomic mass is 10.1. The Morgan fingerprint density at radius 3 is 3.36 bits per heavy atom. The molecule has 78 valence electrons. The molecule has 4 heteroatoms. The summed E-state index contributed by atoms with van der Waals surface area (Å²) in [6, 6.07) is 0. The molecule has 2 heterocycles. The second-order valence-electron chi connectivity index (χ2n) is 4.02. The van der Waals surface area contributed by atoms with Crippen LogP contribution < -0.4 is 5.32 Å². The monoisotopic (exact) mass is 194 g/mol. The van der Waals surface area contributed by atoms with Crippen LogP contribution in [0.2, 0.25) is 0 Å². The van der Waals surface area contributed by atoms with Crippen molar-refractivity contribution in [1.29, 1.82) is 0 Å². The fourth-order valence-electron chi connectivity index (χ4n) is 2.12. The van der Waals surface area contributed by atoms with Crippen molar-refractivity contribution in [2.45, 2.75) is 13.0 Å². The Labute approximate surface area is 84.7 Å². The van der Waals surface area contributed by atoms with Gasteiger partial charge in [-0.2, -0.15) is 0 Å². The Morgan fingerprint density at radius 2 is 2.64 bits per heavy atom. The molecule has 1 saturated heterocycles. The van der Waals surface area contributed by atoms with Gasteiger partial charge in [0.05, 0.1) is 6.33 Å². The Hall–Kier alpha value is -0.870. The zero-order chi connectivity index (χ0) is 9.80. The number of nitrogens with zero attached hydrogens (tertiary/aromatic N) is 2. The Bertz CT molecular complexity index is 257. The Kier molecular flexibility index (Phi) is 3.16. The predicted molar refractivity (Wildman–Crippen MR) is 55.9 cm³/mol. The molecule has 14 heavy (non-hydrogen) atoms. The summed E-state index contributed by atoms with van der Waals surface area (Å²) in [5.41, 5.74) is 1.22. The summed E-state index contributed by atoms with van der Waals surface area (Å²) in [6.45, 7) is 4.57. The van der Waals surface area contributed by atoms with Gasteiger partial charge in [-0.25, -0.2) is 4.98 Å². The Morgan fingerprint density at radius 1 is 1.71 bits per heavy atom. The summed E-state index contributed by atoms with van der Waals surface area (Å²) >= 11 is 0. The van der Waals surface area contributed by atoms with Crippen molar-refractivity contribution < 1.29 is 0 Å². The van der Waals surface area contributed by atoms with Gasteiger partial charge in [-0.3, -0.25) is 4.90 Å². The number of imidazole rings is 1. The first-order chi connectivity index (χ1) is 6.88. The molecular formula is C10H18N4. The lowest BCUT2D eigenvalue weighted by Gasteiger charge is -2.14. The normalized spacial score (nSPS) is 23.1. The second kappa shape index (κ2) is 4.57. The number of hydrogen-bond donors (Lipinski definition) is 2. The third-order valence-corrected chi connectivity index (χ3v) is 2.81. The molecule has 4 nitrogen and oxygen atoms in total. The molecule has 1 aliphatic rings. The van der Waals surface area contributed by atoms with E-state index in [-0.39, 0.29) is 0 Å². The van der Waals surface area contributed by atoms with Crippen LogP contribution in [0.25, 0.3) is 0 Å². The zero-order valence-electron chi connectivity index (χ0n) is 8.66. The van der Waals surface area contributed by atoms with Gasteiger partial charge in [0.2, 0.25) is 0 Å². The van der Waals surface area contributed by atoms with Gasteiger partial charge in [0.15, 0.2) is 0 Å². The molecule has 1 atom stereocenters. The van der Waals surface area contributed by atoms with Crippen molar-refractivity contribution in [3.05, 3.63) is 18.2 Å². The van der Waals surface area contributed by atoms with Crippen molar-refractivity contribution in [1.82, 2.24) is 20.2 Å². The summed E-state index contributed by atoms with van der Waals surface area (Å²) in [7, 11) is 2.03. The Balaban J connectivity index is 1.79. The van der Waals surface area contributed by atoms with Gasteiger partial charge >= 0.3 is 0 Å². The van der Waals surface area contributed by atoms with Crippen LogP contribution in [0.5, 0.6) is 0 Å². The van der Waals surface area contributed by atoms with Gasteiger partial charge in [0.1, 0.15) is 0 Å². The summed E-state index contributed by atoms with van der Waals surface area (Å²) < 4.78 is 0. The molecule has 0 radical (unpaired) electrons. The third-order valence-electron chi connectivity index (χ3n) is 2.81. The first-order valence-corrected chi connectivity index (χ1v) is 5.22. The maximum atomic E-state index is 4.03. The van der Waals surface area contributed by atoms with Gasteiger partial charge in [-0.15, -0.1) is 0 Å². The SMILES string of the molecule is CNCC1CCN(Cc2cnc[nH]2)C1. The van der Waals surface area contributed by atoms with E-state index in [0.29, 0.717) is 0 Å². The van der Waals surface area contributed by atoms with Crippen LogP contribution in [-0.4, -0.2) is 41.5 Å². The quantitative estimate of drug-likeness (QED) is 0.731. The molecule has 0 amide bonds. The fraction of sp³-hybridized carbons (Fsp3) is 0.700. The maximum Gasteiger partial charge on any atom is 0.0922 e. The molecule has 0 saturated carbocycles. The van der Waals surface area contributed by atoms with E-state index in [2.05, 4.69) is 20.2 Å². The number of H-pyrrole nitrogens is 1. The van der Waals surface area contributed by atoms with E-state index in [4.69, 9.17) is 0 Å². The lowest BCUT2D eigenvalue weighted by Crippen LogP contribution is -2.24. The number of nitrogens with one attached hydrogen (secondary N) is 2. The number of rotatable bonds is 4. The highest BCUT2D eigenvalue weighted by atomic mass is 15.2. The van der Waals surface area contributed by atoms with Gasteiger partial charge in [-0.05, 0) is 32.5 Å². The van der Waals surface area contributed by atoms with E-state index in [0.717, 1.165) is 19.0 Å². The second-order valence-corrected chi connectivity index (χ2v) is 4.02. The molecular weight excluding hydrogens is 176 g/mol. The molecule has 1 aromatic heterocycles. The highest BCUT2D eigenvalue weighted by Gasteiger charge is 2.21. The van der Waals surface area contributed by atoms with Crippen molar-refractivity contribution in [2.75, 3.05) is 26.7 Å². The van der Waals surface area contributed by atoms with Crippen LogP contribution >= 0.6 is 0 Å². The predicted octanol–water partition coefficient (Wildman–Crippen LogP) is 0.451. The van der Waals surface area contributed by atoms with Crippen molar-refractivity contribution in [2.24, 2.45) is 5.92 Å². The van der Waals surface area contributed by atoms with E-state index in [9.17, 15) is 0 Å². The lowest BCUT2D eigenvalue weighted by molar-refractivity contribution is 0.312. The summed E-state index contributed by atoms with van der Waals surface area (Å²) in [5, 5.41) is 3.24. The van der Waals surface area contributed by atoms with Crippen LogP contribution in [0.15, 0.2) is 12.5 Å². The topological polar surface area (TPSA) is 44.0 Å². The standard InChI is InChI=1S/C10H18N4/c1-11-4-9-2-3-14(6-9)7-10-5-12-8-13-10/h5,8-9,11H,2-4,6-7H2,1H3,(H,12,13). The highest BCUT2D eigenvalue weighted by molar-refractivity contribution is 4.95. The minimum absolute atomic E-state index is 0.822. The van der Waals surface area contributed by atoms with Crippen LogP contribution in [0.1, 0.15) is 12.1 Å². The van der Waals surface area contributed by atoms with Gasteiger partial charge in [-0.1, -0.05) is 0 Å². The summed E-state index contributed by atoms with van der Waals surface area (Å²) in [6.07, 6.45) is 4.97. The minimum Gasteiger partial charge on any atom is -0.347 e. The largest absolute Gasteiger partial charge is 0.347 e. The minimum atomic E-state index is 0.822. The molecule has 2 N–H and O–H groups in total. The zero-order valence-corrected chi connectivity index (χ0v) is 8.66. The number of aromatic amines is 1. The van der Waals surface area contributed by atoms with E-state index in [1.807, 2.05) is 13.2 Å². The van der Waals surface area contributed by atoms with Crippen LogP contribution in [0.4, 0.5) is 0 Å². The van der Waals surface area contributed by atoms with Gasteiger partial charge < -0.3 is 10.3 Å². The van der Waals surface area contributed by atoms with Gasteiger partial charge in [0, 0.05) is 25.0 Å². The van der Waals surface area contributed by atoms with Crippen LogP contribution in [0.3, 0.4) is 0 Å². The van der Waals surface area contributed by atoms with Gasteiger partial charge in [0.25, 0.3) is 0 Å².